The molecule has 1 aromatic rings. The highest BCUT2D eigenvalue weighted by molar-refractivity contribution is 7.92. The molecular weight excluding hydrogens is 371 g/mol. The van der Waals surface area contributed by atoms with Crippen LogP contribution in [0, 0.1) is 11.7 Å². The van der Waals surface area contributed by atoms with E-state index in [0.717, 1.165) is 19.1 Å². The van der Waals surface area contributed by atoms with Crippen molar-refractivity contribution in [2.75, 3.05) is 26.0 Å². The van der Waals surface area contributed by atoms with E-state index >= 15 is 0 Å². The molecule has 1 aliphatic carbocycles. The monoisotopic (exact) mass is 398 g/mol. The molecule has 2 fully saturated rings. The molecule has 150 valence electrons. The van der Waals surface area contributed by atoms with Crippen LogP contribution in [-0.2, 0) is 14.6 Å². The van der Waals surface area contributed by atoms with Crippen LogP contribution in [0.15, 0.2) is 18.2 Å². The van der Waals surface area contributed by atoms with Crippen molar-refractivity contribution in [2.24, 2.45) is 5.92 Å². The highest BCUT2D eigenvalue weighted by atomic mass is 32.2. The number of halogens is 1. The maximum Gasteiger partial charge on any atom is 0.242 e. The molecule has 27 heavy (non-hydrogen) atoms. The molecule has 3 rings (SSSR count). The number of sulfone groups is 1. The lowest BCUT2D eigenvalue weighted by Gasteiger charge is -2.35. The molecule has 2 N–H and O–H groups in total. The number of benzene rings is 1. The minimum atomic E-state index is -3.59. The Kier molecular flexibility index (Phi) is 5.76. The molecule has 1 saturated heterocycles. The lowest BCUT2D eigenvalue weighted by molar-refractivity contribution is -0.125. The summed E-state index contributed by atoms with van der Waals surface area (Å²) in [5.41, 5.74) is 0.567. The quantitative estimate of drug-likeness (QED) is 0.734. The number of piperidine rings is 1. The van der Waals surface area contributed by atoms with E-state index in [4.69, 9.17) is 4.74 Å². The molecule has 1 aliphatic heterocycles. The van der Waals surface area contributed by atoms with E-state index in [1.54, 1.807) is 19.1 Å². The van der Waals surface area contributed by atoms with Gasteiger partial charge in [0.25, 0.3) is 0 Å². The first-order chi connectivity index (χ1) is 12.7. The Morgan fingerprint density at radius 1 is 1.37 bits per heavy atom. The standard InChI is InChI=1S/C19H27FN2O4S/c1-13(15-5-6-17(16(20)11-15)26-12-14-3-4-14)22-18(23)19(27(2,24)25)7-9-21-10-8-19/h5-6,11,13-14,21H,3-4,7-10,12H2,1-2H3,(H,22,23). The first kappa shape index (κ1) is 20.1. The van der Waals surface area contributed by atoms with Gasteiger partial charge in [0.1, 0.15) is 0 Å². The van der Waals surface area contributed by atoms with Crippen LogP contribution in [-0.4, -0.2) is 45.0 Å². The van der Waals surface area contributed by atoms with E-state index in [-0.39, 0.29) is 18.6 Å². The van der Waals surface area contributed by atoms with E-state index in [9.17, 15) is 17.6 Å². The molecular formula is C19H27FN2O4S. The van der Waals surface area contributed by atoms with Crippen molar-refractivity contribution in [2.45, 2.75) is 43.4 Å². The zero-order valence-corrected chi connectivity index (χ0v) is 16.6. The van der Waals surface area contributed by atoms with Crippen LogP contribution in [0.4, 0.5) is 4.39 Å². The highest BCUT2D eigenvalue weighted by Crippen LogP contribution is 2.31. The van der Waals surface area contributed by atoms with E-state index < -0.39 is 32.4 Å². The average molecular weight is 399 g/mol. The summed E-state index contributed by atoms with van der Waals surface area (Å²) in [6.07, 6.45) is 3.81. The van der Waals surface area contributed by atoms with Crippen molar-refractivity contribution in [1.29, 1.82) is 0 Å². The average Bonchev–Trinajstić information content (AvgIpc) is 3.44. The van der Waals surface area contributed by atoms with Gasteiger partial charge in [-0.05, 0) is 69.3 Å². The predicted octanol–water partition coefficient (Wildman–Crippen LogP) is 1.96. The third kappa shape index (κ3) is 4.43. The molecule has 1 saturated carbocycles. The largest absolute Gasteiger partial charge is 0.490 e. The Labute approximate surface area is 159 Å². The number of amides is 1. The second kappa shape index (κ2) is 7.75. The number of rotatable bonds is 7. The number of ether oxygens (including phenoxy) is 1. The van der Waals surface area contributed by atoms with E-state index in [1.165, 1.54) is 6.07 Å². The number of carbonyl (C=O) groups is 1. The third-order valence-electron chi connectivity index (χ3n) is 5.51. The summed E-state index contributed by atoms with van der Waals surface area (Å²) < 4.78 is 43.0. The molecule has 1 heterocycles. The Morgan fingerprint density at radius 2 is 2.04 bits per heavy atom. The van der Waals surface area contributed by atoms with Crippen LogP contribution < -0.4 is 15.4 Å². The Bertz CT molecular complexity index is 802. The summed E-state index contributed by atoms with van der Waals surface area (Å²) in [6.45, 7) is 3.18. The lowest BCUT2D eigenvalue weighted by atomic mass is 9.95. The van der Waals surface area contributed by atoms with Crippen molar-refractivity contribution >= 4 is 15.7 Å². The number of carbonyl (C=O) groups excluding carboxylic acids is 1. The van der Waals surface area contributed by atoms with Crippen molar-refractivity contribution in [3.05, 3.63) is 29.6 Å². The molecule has 2 aliphatic rings. The van der Waals surface area contributed by atoms with Crippen molar-refractivity contribution in [3.8, 4) is 5.75 Å². The Morgan fingerprint density at radius 3 is 2.59 bits per heavy atom. The number of hydrogen-bond donors (Lipinski definition) is 2. The van der Waals surface area contributed by atoms with E-state index in [1.807, 2.05) is 0 Å². The van der Waals surface area contributed by atoms with E-state index in [0.29, 0.717) is 31.2 Å². The molecule has 6 nitrogen and oxygen atoms in total. The molecule has 0 spiro atoms. The fourth-order valence-electron chi connectivity index (χ4n) is 3.40. The van der Waals surface area contributed by atoms with Gasteiger partial charge in [0.15, 0.2) is 26.2 Å². The lowest BCUT2D eigenvalue weighted by Crippen LogP contribution is -2.57. The SMILES string of the molecule is CC(NC(=O)C1(S(C)(=O)=O)CCNCC1)c1ccc(OCC2CC2)c(F)c1. The smallest absolute Gasteiger partial charge is 0.242 e. The van der Waals surface area contributed by atoms with Gasteiger partial charge in [0.05, 0.1) is 12.6 Å². The molecule has 1 aromatic carbocycles. The van der Waals surface area contributed by atoms with Gasteiger partial charge in [-0.1, -0.05) is 6.07 Å². The predicted molar refractivity (Wildman–Crippen MR) is 101 cm³/mol. The molecule has 1 atom stereocenters. The number of nitrogens with one attached hydrogen (secondary N) is 2. The summed E-state index contributed by atoms with van der Waals surface area (Å²) in [5, 5.41) is 5.85. The molecule has 0 radical (unpaired) electrons. The summed E-state index contributed by atoms with van der Waals surface area (Å²) in [7, 11) is -3.59. The topological polar surface area (TPSA) is 84.5 Å². The zero-order chi connectivity index (χ0) is 19.7. The van der Waals surface area contributed by atoms with Gasteiger partial charge < -0.3 is 15.4 Å². The second-order valence-corrected chi connectivity index (χ2v) is 9.98. The highest BCUT2D eigenvalue weighted by Gasteiger charge is 2.48. The maximum absolute atomic E-state index is 14.3. The summed E-state index contributed by atoms with van der Waals surface area (Å²) in [6, 6.07) is 4.08. The summed E-state index contributed by atoms with van der Waals surface area (Å²) in [5.74, 6) is -0.267. The van der Waals surface area contributed by atoms with Crippen molar-refractivity contribution in [1.82, 2.24) is 10.6 Å². The Balaban J connectivity index is 1.70. The zero-order valence-electron chi connectivity index (χ0n) is 15.8. The van der Waals surface area contributed by atoms with Crippen molar-refractivity contribution < 1.29 is 22.3 Å². The van der Waals surface area contributed by atoms with Gasteiger partial charge >= 0.3 is 0 Å². The summed E-state index contributed by atoms with van der Waals surface area (Å²) in [4.78, 5) is 12.9. The minimum absolute atomic E-state index is 0.204. The van der Waals surface area contributed by atoms with Crippen LogP contribution in [0.25, 0.3) is 0 Å². The molecule has 8 heteroatoms. The van der Waals surface area contributed by atoms with E-state index in [2.05, 4.69) is 10.6 Å². The van der Waals surface area contributed by atoms with Crippen LogP contribution >= 0.6 is 0 Å². The summed E-state index contributed by atoms with van der Waals surface area (Å²) >= 11 is 0. The molecule has 0 bridgehead atoms. The van der Waals surface area contributed by atoms with Gasteiger partial charge in [-0.2, -0.15) is 0 Å². The van der Waals surface area contributed by atoms with Crippen LogP contribution in [0.1, 0.15) is 44.2 Å². The molecule has 1 unspecified atom stereocenters. The first-order valence-corrected chi connectivity index (χ1v) is 11.3. The van der Waals surface area contributed by atoms with Gasteiger partial charge in [0.2, 0.25) is 5.91 Å². The fourth-order valence-corrected chi connectivity index (χ4v) is 4.75. The van der Waals surface area contributed by atoms with Crippen molar-refractivity contribution in [3.63, 3.8) is 0 Å². The van der Waals surface area contributed by atoms with Crippen LogP contribution in [0.5, 0.6) is 5.75 Å². The number of hydrogen-bond acceptors (Lipinski definition) is 5. The second-order valence-electron chi connectivity index (χ2n) is 7.66. The molecule has 0 aromatic heterocycles. The fraction of sp³-hybridized carbons (Fsp3) is 0.632. The van der Waals surface area contributed by atoms with Gasteiger partial charge in [-0.15, -0.1) is 0 Å². The Hall–Kier alpha value is -1.67. The van der Waals surface area contributed by atoms with Gasteiger partial charge in [-0.25, -0.2) is 12.8 Å². The first-order valence-electron chi connectivity index (χ1n) is 9.36. The van der Waals surface area contributed by atoms with Gasteiger partial charge in [0, 0.05) is 6.26 Å². The van der Waals surface area contributed by atoms with Gasteiger partial charge in [-0.3, -0.25) is 4.79 Å². The normalized spacial score (nSPS) is 20.7. The van der Waals surface area contributed by atoms with Crippen LogP contribution in [0.2, 0.25) is 0 Å². The third-order valence-corrected chi connectivity index (χ3v) is 7.52. The molecule has 1 amide bonds. The minimum Gasteiger partial charge on any atom is -0.490 e. The van der Waals surface area contributed by atoms with Crippen LogP contribution in [0.3, 0.4) is 0 Å². The maximum atomic E-state index is 14.3.